The zero-order valence-corrected chi connectivity index (χ0v) is 15.9. The summed E-state index contributed by atoms with van der Waals surface area (Å²) in [4.78, 5) is 27.6. The van der Waals surface area contributed by atoms with Crippen molar-refractivity contribution >= 4 is 12.0 Å². The summed E-state index contributed by atoms with van der Waals surface area (Å²) >= 11 is 0. The van der Waals surface area contributed by atoms with Gasteiger partial charge in [0.1, 0.15) is 11.7 Å². The molecule has 2 amide bonds. The van der Waals surface area contributed by atoms with Gasteiger partial charge in [-0.1, -0.05) is 0 Å². The van der Waals surface area contributed by atoms with E-state index in [1.807, 2.05) is 0 Å². The van der Waals surface area contributed by atoms with Crippen molar-refractivity contribution in [1.29, 1.82) is 0 Å². The molecule has 1 aliphatic rings. The van der Waals surface area contributed by atoms with Gasteiger partial charge in [0, 0.05) is 6.20 Å². The lowest BCUT2D eigenvalue weighted by Gasteiger charge is -2.29. The monoisotopic (exact) mass is 403 g/mol. The Bertz CT molecular complexity index is 679. The van der Waals surface area contributed by atoms with Crippen LogP contribution in [0.1, 0.15) is 44.9 Å². The quantitative estimate of drug-likeness (QED) is 0.807. The van der Waals surface area contributed by atoms with E-state index in [0.717, 1.165) is 12.3 Å². The molecule has 1 fully saturated rings. The van der Waals surface area contributed by atoms with Gasteiger partial charge in [0.05, 0.1) is 30.5 Å². The van der Waals surface area contributed by atoms with Crippen LogP contribution >= 0.6 is 0 Å². The van der Waals surface area contributed by atoms with E-state index in [9.17, 15) is 22.8 Å². The number of carbonyl (C=O) groups excluding carboxylic acids is 2. The van der Waals surface area contributed by atoms with Crippen molar-refractivity contribution in [1.82, 2.24) is 15.6 Å². The molecule has 2 unspecified atom stereocenters. The smallest absolute Gasteiger partial charge is 0.417 e. The first-order valence-electron chi connectivity index (χ1n) is 8.85. The second-order valence-electron chi connectivity index (χ2n) is 7.50. The summed E-state index contributed by atoms with van der Waals surface area (Å²) in [5.41, 5.74) is -1.14. The third kappa shape index (κ3) is 6.99. The lowest BCUT2D eigenvalue weighted by molar-refractivity contribution is -0.138. The third-order valence-corrected chi connectivity index (χ3v) is 3.89. The molecule has 0 aliphatic carbocycles. The number of carbonyl (C=O) groups is 2. The highest BCUT2D eigenvalue weighted by Crippen LogP contribution is 2.28. The molecule has 0 bridgehead atoms. The molecule has 7 nitrogen and oxygen atoms in total. The molecule has 28 heavy (non-hydrogen) atoms. The number of alkyl halides is 3. The van der Waals surface area contributed by atoms with E-state index in [4.69, 9.17) is 9.47 Å². The summed E-state index contributed by atoms with van der Waals surface area (Å²) in [6.45, 7) is 5.44. The lowest BCUT2D eigenvalue weighted by Crippen LogP contribution is -2.48. The van der Waals surface area contributed by atoms with E-state index in [1.165, 1.54) is 6.07 Å². The SMILES string of the molecule is CC(C)(C)OC(=O)NC1CCC(C(=O)NCc2ccc(C(F)(F)F)cn2)OC1. The van der Waals surface area contributed by atoms with Gasteiger partial charge < -0.3 is 20.1 Å². The predicted octanol–water partition coefficient (Wildman–Crippen LogP) is 2.79. The molecule has 1 aromatic rings. The number of hydrogen-bond donors (Lipinski definition) is 2. The zero-order valence-electron chi connectivity index (χ0n) is 15.9. The highest BCUT2D eigenvalue weighted by molar-refractivity contribution is 5.80. The molecule has 0 radical (unpaired) electrons. The van der Waals surface area contributed by atoms with E-state index < -0.39 is 29.5 Å². The summed E-state index contributed by atoms with van der Waals surface area (Å²) in [7, 11) is 0. The number of hydrogen-bond acceptors (Lipinski definition) is 5. The van der Waals surface area contributed by atoms with Gasteiger partial charge in [0.25, 0.3) is 0 Å². The van der Waals surface area contributed by atoms with Crippen molar-refractivity contribution in [3.05, 3.63) is 29.6 Å². The molecular weight excluding hydrogens is 379 g/mol. The van der Waals surface area contributed by atoms with Crippen molar-refractivity contribution in [2.24, 2.45) is 0 Å². The van der Waals surface area contributed by atoms with Crippen LogP contribution in [0, 0.1) is 0 Å². The maximum atomic E-state index is 12.5. The largest absolute Gasteiger partial charge is 0.444 e. The molecule has 1 aromatic heterocycles. The molecule has 1 aliphatic heterocycles. The predicted molar refractivity (Wildman–Crippen MR) is 93.2 cm³/mol. The number of aromatic nitrogens is 1. The minimum Gasteiger partial charge on any atom is -0.444 e. The Morgan fingerprint density at radius 2 is 1.96 bits per heavy atom. The maximum absolute atomic E-state index is 12.5. The van der Waals surface area contributed by atoms with Crippen molar-refractivity contribution in [3.63, 3.8) is 0 Å². The summed E-state index contributed by atoms with van der Waals surface area (Å²) in [6, 6.07) is 1.87. The van der Waals surface area contributed by atoms with Gasteiger partial charge in [-0.15, -0.1) is 0 Å². The van der Waals surface area contributed by atoms with E-state index in [1.54, 1.807) is 20.8 Å². The van der Waals surface area contributed by atoms with Crippen LogP contribution < -0.4 is 10.6 Å². The summed E-state index contributed by atoms with van der Waals surface area (Å²) in [6.07, 6.45) is -4.02. The fourth-order valence-electron chi connectivity index (χ4n) is 2.53. The van der Waals surface area contributed by atoms with Crippen LogP contribution in [0.5, 0.6) is 0 Å². The van der Waals surface area contributed by atoms with E-state index in [0.29, 0.717) is 18.5 Å². The van der Waals surface area contributed by atoms with Gasteiger partial charge >= 0.3 is 12.3 Å². The first kappa shape index (κ1) is 21.9. The maximum Gasteiger partial charge on any atom is 0.417 e. The zero-order chi connectivity index (χ0) is 20.9. The fraction of sp³-hybridized carbons (Fsp3) is 0.611. The summed E-state index contributed by atoms with van der Waals surface area (Å²) < 4.78 is 48.2. The number of pyridine rings is 1. The number of halogens is 3. The Kier molecular flexibility index (Phi) is 6.87. The standard InChI is InChI=1S/C18H24F3N3O4/c1-17(2,3)28-16(26)24-13-6-7-14(27-10-13)15(25)23-9-12-5-4-11(8-22-12)18(19,20)21/h4-5,8,13-14H,6-7,9-10H2,1-3H3,(H,23,25)(H,24,26). The molecule has 156 valence electrons. The van der Waals surface area contributed by atoms with Gasteiger partial charge in [0.2, 0.25) is 5.91 Å². The first-order chi connectivity index (χ1) is 12.9. The summed E-state index contributed by atoms with van der Waals surface area (Å²) in [5, 5.41) is 5.28. The molecule has 0 aromatic carbocycles. The fourth-order valence-corrected chi connectivity index (χ4v) is 2.53. The molecular formula is C18H24F3N3O4. The molecule has 10 heteroatoms. The van der Waals surface area contributed by atoms with Crippen LogP contribution in [0.3, 0.4) is 0 Å². The molecule has 2 N–H and O–H groups in total. The van der Waals surface area contributed by atoms with Gasteiger partial charge in [0.15, 0.2) is 0 Å². The van der Waals surface area contributed by atoms with Gasteiger partial charge in [-0.25, -0.2) is 4.79 Å². The minimum absolute atomic E-state index is 0.00355. The first-order valence-corrected chi connectivity index (χ1v) is 8.85. The van der Waals surface area contributed by atoms with Crippen LogP contribution in [0.4, 0.5) is 18.0 Å². The molecule has 2 rings (SSSR count). The normalized spacial score (nSPS) is 20.4. The van der Waals surface area contributed by atoms with Gasteiger partial charge in [-0.2, -0.15) is 13.2 Å². The topological polar surface area (TPSA) is 89.5 Å². The minimum atomic E-state index is -4.45. The Morgan fingerprint density at radius 1 is 1.25 bits per heavy atom. The Labute approximate surface area is 161 Å². The molecule has 2 heterocycles. The Morgan fingerprint density at radius 3 is 2.46 bits per heavy atom. The number of ether oxygens (including phenoxy) is 2. The summed E-state index contributed by atoms with van der Waals surface area (Å²) in [5.74, 6) is -0.377. The van der Waals surface area contributed by atoms with Crippen molar-refractivity contribution in [2.75, 3.05) is 6.61 Å². The van der Waals surface area contributed by atoms with Crippen LogP contribution in [-0.2, 0) is 27.0 Å². The molecule has 1 saturated heterocycles. The number of alkyl carbamates (subject to hydrolysis) is 1. The van der Waals surface area contributed by atoms with E-state index in [2.05, 4.69) is 15.6 Å². The molecule has 0 saturated carbocycles. The van der Waals surface area contributed by atoms with E-state index in [-0.39, 0.29) is 25.1 Å². The lowest BCUT2D eigenvalue weighted by atomic mass is 10.0. The molecule has 0 spiro atoms. The second-order valence-corrected chi connectivity index (χ2v) is 7.50. The average Bonchev–Trinajstić information content (AvgIpc) is 2.58. The van der Waals surface area contributed by atoms with E-state index >= 15 is 0 Å². The highest BCUT2D eigenvalue weighted by Gasteiger charge is 2.31. The Hall–Kier alpha value is -2.36. The van der Waals surface area contributed by atoms with Crippen LogP contribution in [-0.4, -0.2) is 41.3 Å². The molecule has 2 atom stereocenters. The number of rotatable bonds is 4. The number of amides is 2. The van der Waals surface area contributed by atoms with Crippen LogP contribution in [0.2, 0.25) is 0 Å². The van der Waals surface area contributed by atoms with Crippen LogP contribution in [0.15, 0.2) is 18.3 Å². The van der Waals surface area contributed by atoms with Gasteiger partial charge in [-0.05, 0) is 45.7 Å². The average molecular weight is 403 g/mol. The van der Waals surface area contributed by atoms with Crippen molar-refractivity contribution < 1.29 is 32.2 Å². The third-order valence-electron chi connectivity index (χ3n) is 3.89. The highest BCUT2D eigenvalue weighted by atomic mass is 19.4. The number of nitrogens with zero attached hydrogens (tertiary/aromatic N) is 1. The Balaban J connectivity index is 1.74. The number of nitrogens with one attached hydrogen (secondary N) is 2. The van der Waals surface area contributed by atoms with Crippen LogP contribution in [0.25, 0.3) is 0 Å². The van der Waals surface area contributed by atoms with Crippen molar-refractivity contribution in [2.45, 2.75) is 64.1 Å². The van der Waals surface area contributed by atoms with Gasteiger partial charge in [-0.3, -0.25) is 9.78 Å². The van der Waals surface area contributed by atoms with Crippen molar-refractivity contribution in [3.8, 4) is 0 Å². The second kappa shape index (κ2) is 8.76.